The summed E-state index contributed by atoms with van der Waals surface area (Å²) in [5, 5.41) is 3.15. The summed E-state index contributed by atoms with van der Waals surface area (Å²) in [7, 11) is 0. The quantitative estimate of drug-likeness (QED) is 0.844. The minimum Gasteiger partial charge on any atom is -0.464 e. The minimum absolute atomic E-state index is 0.230. The Kier molecular flexibility index (Phi) is 5.87. The summed E-state index contributed by atoms with van der Waals surface area (Å²) in [5.41, 5.74) is 2.11. The van der Waals surface area contributed by atoms with Crippen LogP contribution in [0.1, 0.15) is 20.3 Å². The highest BCUT2D eigenvalue weighted by molar-refractivity contribution is 5.78. The van der Waals surface area contributed by atoms with Crippen molar-refractivity contribution in [2.45, 2.75) is 26.3 Å². The van der Waals surface area contributed by atoms with Crippen molar-refractivity contribution in [3.63, 3.8) is 0 Å². The Morgan fingerprint density at radius 2 is 2.10 bits per heavy atom. The summed E-state index contributed by atoms with van der Waals surface area (Å²) >= 11 is 0. The smallest absolute Gasteiger partial charge is 0.328 e. The van der Waals surface area contributed by atoms with Crippen LogP contribution in [-0.2, 0) is 14.3 Å². The molecule has 2 rings (SSSR count). The zero-order chi connectivity index (χ0) is 15.1. The third-order valence-electron chi connectivity index (χ3n) is 3.48. The number of rotatable bonds is 5. The van der Waals surface area contributed by atoms with E-state index in [1.54, 1.807) is 6.92 Å². The lowest BCUT2D eigenvalue weighted by atomic mass is 10.2. The highest BCUT2D eigenvalue weighted by Crippen LogP contribution is 2.19. The number of nitrogens with zero attached hydrogens (tertiary/aromatic N) is 1. The molecule has 1 fully saturated rings. The van der Waals surface area contributed by atoms with Crippen molar-refractivity contribution in [3.8, 4) is 0 Å². The first-order chi connectivity index (χ1) is 10.2. The second kappa shape index (κ2) is 7.88. The molecular formula is C16H24N2O3. The average Bonchev–Trinajstić information content (AvgIpc) is 2.77. The van der Waals surface area contributed by atoms with Crippen LogP contribution in [0.3, 0.4) is 0 Å². The molecule has 0 saturated carbocycles. The maximum Gasteiger partial charge on any atom is 0.328 e. The van der Waals surface area contributed by atoms with Crippen LogP contribution >= 0.6 is 0 Å². The van der Waals surface area contributed by atoms with Gasteiger partial charge >= 0.3 is 5.97 Å². The molecule has 1 aromatic carbocycles. The van der Waals surface area contributed by atoms with E-state index in [-0.39, 0.29) is 12.0 Å². The van der Waals surface area contributed by atoms with Crippen LogP contribution in [0.5, 0.6) is 0 Å². The van der Waals surface area contributed by atoms with Crippen molar-refractivity contribution in [1.29, 1.82) is 0 Å². The number of hydrogen-bond acceptors (Lipinski definition) is 5. The predicted octanol–water partition coefficient (Wildman–Crippen LogP) is 2.28. The summed E-state index contributed by atoms with van der Waals surface area (Å²) in [5.74, 6) is -0.230. The number of carbonyl (C=O) groups excluding carboxylic acids is 1. The minimum atomic E-state index is -0.345. The molecule has 1 aromatic rings. The van der Waals surface area contributed by atoms with Gasteiger partial charge in [0, 0.05) is 31.1 Å². The van der Waals surface area contributed by atoms with Crippen LogP contribution in [0.4, 0.5) is 11.4 Å². The lowest BCUT2D eigenvalue weighted by molar-refractivity contribution is -0.143. The fraction of sp³-hybridized carbons (Fsp3) is 0.562. The standard InChI is InChI=1S/C16H24N2O3/c1-3-21-16(19)13(2)17-14-5-7-15(8-6-14)18-9-4-11-20-12-10-18/h5-8,13,17H,3-4,9-12H2,1-2H3. The van der Waals surface area contributed by atoms with Crippen LogP contribution in [0, 0.1) is 0 Å². The zero-order valence-electron chi connectivity index (χ0n) is 12.8. The first-order valence-corrected chi connectivity index (χ1v) is 7.56. The summed E-state index contributed by atoms with van der Waals surface area (Å²) in [6, 6.07) is 7.80. The van der Waals surface area contributed by atoms with Gasteiger partial charge < -0.3 is 19.7 Å². The van der Waals surface area contributed by atoms with Crippen molar-refractivity contribution < 1.29 is 14.3 Å². The van der Waals surface area contributed by atoms with E-state index in [1.165, 1.54) is 5.69 Å². The van der Waals surface area contributed by atoms with Gasteiger partial charge in [0.2, 0.25) is 0 Å². The number of ether oxygens (including phenoxy) is 2. The van der Waals surface area contributed by atoms with E-state index in [9.17, 15) is 4.79 Å². The second-order valence-corrected chi connectivity index (χ2v) is 5.12. The van der Waals surface area contributed by atoms with E-state index in [0.717, 1.165) is 38.4 Å². The van der Waals surface area contributed by atoms with Gasteiger partial charge in [0.05, 0.1) is 13.2 Å². The Morgan fingerprint density at radius 3 is 2.81 bits per heavy atom. The molecule has 0 amide bonds. The molecule has 5 heteroatoms. The summed E-state index contributed by atoms with van der Waals surface area (Å²) in [6.45, 7) is 7.58. The van der Waals surface area contributed by atoms with Crippen molar-refractivity contribution in [3.05, 3.63) is 24.3 Å². The molecule has 0 bridgehead atoms. The van der Waals surface area contributed by atoms with Gasteiger partial charge in [-0.25, -0.2) is 4.79 Å². The molecule has 1 aliphatic heterocycles. The van der Waals surface area contributed by atoms with Gasteiger partial charge in [-0.1, -0.05) is 0 Å². The molecule has 0 aromatic heterocycles. The second-order valence-electron chi connectivity index (χ2n) is 5.12. The molecular weight excluding hydrogens is 268 g/mol. The van der Waals surface area contributed by atoms with E-state index in [1.807, 2.05) is 19.1 Å². The largest absolute Gasteiger partial charge is 0.464 e. The van der Waals surface area contributed by atoms with Gasteiger partial charge in [-0.05, 0) is 44.5 Å². The number of hydrogen-bond donors (Lipinski definition) is 1. The predicted molar refractivity (Wildman–Crippen MR) is 83.8 cm³/mol. The number of benzene rings is 1. The average molecular weight is 292 g/mol. The highest BCUT2D eigenvalue weighted by Gasteiger charge is 2.14. The van der Waals surface area contributed by atoms with Crippen LogP contribution in [0.15, 0.2) is 24.3 Å². The lowest BCUT2D eigenvalue weighted by Crippen LogP contribution is -2.28. The van der Waals surface area contributed by atoms with Crippen LogP contribution in [0.2, 0.25) is 0 Å². The molecule has 1 heterocycles. The molecule has 21 heavy (non-hydrogen) atoms. The van der Waals surface area contributed by atoms with Crippen molar-refractivity contribution in [2.24, 2.45) is 0 Å². The van der Waals surface area contributed by atoms with E-state index >= 15 is 0 Å². The van der Waals surface area contributed by atoms with Crippen LogP contribution in [0.25, 0.3) is 0 Å². The van der Waals surface area contributed by atoms with Gasteiger partial charge in [-0.15, -0.1) is 0 Å². The van der Waals surface area contributed by atoms with E-state index in [4.69, 9.17) is 9.47 Å². The molecule has 1 saturated heterocycles. The number of carbonyl (C=O) groups is 1. The molecule has 0 spiro atoms. The van der Waals surface area contributed by atoms with Crippen molar-refractivity contribution in [2.75, 3.05) is 43.1 Å². The summed E-state index contributed by atoms with van der Waals surface area (Å²) in [6.07, 6.45) is 1.06. The maximum absolute atomic E-state index is 11.6. The molecule has 1 N–H and O–H groups in total. The number of esters is 1. The summed E-state index contributed by atoms with van der Waals surface area (Å²) in [4.78, 5) is 13.9. The first-order valence-electron chi connectivity index (χ1n) is 7.56. The monoisotopic (exact) mass is 292 g/mol. The number of nitrogens with one attached hydrogen (secondary N) is 1. The fourth-order valence-corrected chi connectivity index (χ4v) is 2.35. The highest BCUT2D eigenvalue weighted by atomic mass is 16.5. The molecule has 1 unspecified atom stereocenters. The van der Waals surface area contributed by atoms with Gasteiger partial charge in [0.1, 0.15) is 6.04 Å². The Morgan fingerprint density at radius 1 is 1.33 bits per heavy atom. The van der Waals surface area contributed by atoms with E-state index in [0.29, 0.717) is 6.61 Å². The molecule has 0 radical (unpaired) electrons. The van der Waals surface area contributed by atoms with E-state index in [2.05, 4.69) is 22.3 Å². The van der Waals surface area contributed by atoms with Crippen molar-refractivity contribution in [1.82, 2.24) is 0 Å². The van der Waals surface area contributed by atoms with Crippen molar-refractivity contribution >= 4 is 17.3 Å². The molecule has 5 nitrogen and oxygen atoms in total. The maximum atomic E-state index is 11.6. The third-order valence-corrected chi connectivity index (χ3v) is 3.48. The molecule has 116 valence electrons. The first kappa shape index (κ1) is 15.6. The Bertz CT molecular complexity index is 439. The molecule has 0 aliphatic carbocycles. The third kappa shape index (κ3) is 4.63. The zero-order valence-corrected chi connectivity index (χ0v) is 12.8. The topological polar surface area (TPSA) is 50.8 Å². The van der Waals surface area contributed by atoms with Gasteiger partial charge in [-0.3, -0.25) is 0 Å². The summed E-state index contributed by atoms with van der Waals surface area (Å²) < 4.78 is 10.5. The SMILES string of the molecule is CCOC(=O)C(C)Nc1ccc(N2CCCOCC2)cc1. The van der Waals surface area contributed by atoms with E-state index < -0.39 is 0 Å². The van der Waals surface area contributed by atoms with Gasteiger partial charge in [-0.2, -0.15) is 0 Å². The normalized spacial score (nSPS) is 17.0. The van der Waals surface area contributed by atoms with Gasteiger partial charge in [0.15, 0.2) is 0 Å². The molecule has 1 atom stereocenters. The Balaban J connectivity index is 1.93. The number of anilines is 2. The van der Waals surface area contributed by atoms with Crippen LogP contribution < -0.4 is 10.2 Å². The van der Waals surface area contributed by atoms with Gasteiger partial charge in [0.25, 0.3) is 0 Å². The molecule has 1 aliphatic rings. The Labute approximate surface area is 126 Å². The lowest BCUT2D eigenvalue weighted by Gasteiger charge is -2.22. The van der Waals surface area contributed by atoms with Crippen LogP contribution in [-0.4, -0.2) is 44.9 Å². The fourth-order valence-electron chi connectivity index (χ4n) is 2.35. The Hall–Kier alpha value is -1.75.